The molecule has 2 fully saturated rings. The molecule has 1 saturated carbocycles. The van der Waals surface area contributed by atoms with Gasteiger partial charge in [0.1, 0.15) is 0 Å². The molecular formula is C15H24O3. The molecule has 1 aliphatic heterocycles. The third kappa shape index (κ3) is 1.41. The summed E-state index contributed by atoms with van der Waals surface area (Å²) in [4.78, 5) is 0. The average Bonchev–Trinajstić information content (AvgIpc) is 2.78. The molecule has 0 bridgehead atoms. The van der Waals surface area contributed by atoms with Crippen molar-refractivity contribution in [2.75, 3.05) is 13.2 Å². The minimum Gasteiger partial charge on any atom is -0.392 e. The number of allylic oxidation sites excluding steroid dienone is 1. The molecule has 3 heteroatoms. The van der Waals surface area contributed by atoms with Gasteiger partial charge in [0.2, 0.25) is 0 Å². The summed E-state index contributed by atoms with van der Waals surface area (Å²) in [6, 6.07) is 0. The van der Waals surface area contributed by atoms with Crippen molar-refractivity contribution < 1.29 is 14.6 Å². The number of rotatable bonds is 0. The first-order chi connectivity index (χ1) is 8.42. The van der Waals surface area contributed by atoms with Crippen LogP contribution in [-0.4, -0.2) is 30.2 Å². The third-order valence-corrected chi connectivity index (χ3v) is 5.46. The maximum atomic E-state index is 10.3. The van der Waals surface area contributed by atoms with E-state index in [1.54, 1.807) is 0 Å². The lowest BCUT2D eigenvalue weighted by molar-refractivity contribution is -0.243. The Morgan fingerprint density at radius 1 is 1.17 bits per heavy atom. The van der Waals surface area contributed by atoms with E-state index in [9.17, 15) is 5.11 Å². The number of fused-ring (bicyclic) bond motifs is 2. The first-order valence-corrected chi connectivity index (χ1v) is 7.09. The van der Waals surface area contributed by atoms with Crippen molar-refractivity contribution in [3.63, 3.8) is 0 Å². The Hall–Kier alpha value is -0.380. The zero-order chi connectivity index (χ0) is 13.0. The van der Waals surface area contributed by atoms with Crippen LogP contribution in [0.2, 0.25) is 0 Å². The predicted octanol–water partition coefficient (Wildman–Crippen LogP) is 2.64. The Morgan fingerprint density at radius 2 is 1.83 bits per heavy atom. The number of aliphatic hydroxyl groups excluding tert-OH is 1. The van der Waals surface area contributed by atoms with E-state index in [1.165, 1.54) is 5.57 Å². The molecule has 2 atom stereocenters. The zero-order valence-corrected chi connectivity index (χ0v) is 11.7. The lowest BCUT2D eigenvalue weighted by atomic mass is 9.53. The van der Waals surface area contributed by atoms with Gasteiger partial charge in [-0.25, -0.2) is 0 Å². The summed E-state index contributed by atoms with van der Waals surface area (Å²) >= 11 is 0. The summed E-state index contributed by atoms with van der Waals surface area (Å²) in [7, 11) is 0. The Labute approximate surface area is 109 Å². The van der Waals surface area contributed by atoms with Crippen molar-refractivity contribution in [3.05, 3.63) is 11.6 Å². The second-order valence-corrected chi connectivity index (χ2v) is 6.71. The highest BCUT2D eigenvalue weighted by Crippen LogP contribution is 2.61. The van der Waals surface area contributed by atoms with Gasteiger partial charge >= 0.3 is 0 Å². The van der Waals surface area contributed by atoms with E-state index < -0.39 is 5.79 Å². The molecule has 3 nitrogen and oxygen atoms in total. The van der Waals surface area contributed by atoms with Gasteiger partial charge in [-0.15, -0.1) is 0 Å². The molecule has 1 heterocycles. The van der Waals surface area contributed by atoms with Gasteiger partial charge in [0, 0.05) is 17.3 Å². The minimum atomic E-state index is -0.436. The monoisotopic (exact) mass is 252 g/mol. The van der Waals surface area contributed by atoms with E-state index in [0.717, 1.165) is 25.7 Å². The first-order valence-electron chi connectivity index (χ1n) is 7.09. The molecule has 102 valence electrons. The highest BCUT2D eigenvalue weighted by molar-refractivity contribution is 5.31. The SMILES string of the molecule is CC1(C)C2=CCCC3(OCCO3)[C@@]2(C)CC[C@@H]1O. The summed E-state index contributed by atoms with van der Waals surface area (Å²) in [5.74, 6) is -0.436. The molecule has 0 amide bonds. The van der Waals surface area contributed by atoms with Crippen molar-refractivity contribution in [1.29, 1.82) is 0 Å². The summed E-state index contributed by atoms with van der Waals surface area (Å²) in [6.07, 6.45) is 5.77. The van der Waals surface area contributed by atoms with E-state index in [-0.39, 0.29) is 16.9 Å². The van der Waals surface area contributed by atoms with Crippen molar-refractivity contribution in [2.24, 2.45) is 10.8 Å². The summed E-state index contributed by atoms with van der Waals surface area (Å²) in [6.45, 7) is 7.96. The number of aliphatic hydroxyl groups is 1. The molecular weight excluding hydrogens is 228 g/mol. The Kier molecular flexibility index (Phi) is 2.68. The first kappa shape index (κ1) is 12.6. The molecule has 0 aromatic heterocycles. The van der Waals surface area contributed by atoms with E-state index >= 15 is 0 Å². The largest absolute Gasteiger partial charge is 0.392 e. The van der Waals surface area contributed by atoms with Crippen LogP contribution in [0.5, 0.6) is 0 Å². The minimum absolute atomic E-state index is 0.0789. The molecule has 3 rings (SSSR count). The van der Waals surface area contributed by atoms with E-state index in [0.29, 0.717) is 13.2 Å². The van der Waals surface area contributed by atoms with Crippen molar-refractivity contribution in [1.82, 2.24) is 0 Å². The second-order valence-electron chi connectivity index (χ2n) is 6.71. The Balaban J connectivity index is 2.06. The van der Waals surface area contributed by atoms with Gasteiger partial charge in [-0.05, 0) is 19.3 Å². The highest BCUT2D eigenvalue weighted by Gasteiger charge is 2.61. The van der Waals surface area contributed by atoms with Gasteiger partial charge in [-0.2, -0.15) is 0 Å². The van der Waals surface area contributed by atoms with Gasteiger partial charge in [0.25, 0.3) is 0 Å². The van der Waals surface area contributed by atoms with Gasteiger partial charge < -0.3 is 14.6 Å². The van der Waals surface area contributed by atoms with Crippen LogP contribution in [0, 0.1) is 10.8 Å². The summed E-state index contributed by atoms with van der Waals surface area (Å²) < 4.78 is 12.1. The van der Waals surface area contributed by atoms with Gasteiger partial charge in [-0.1, -0.05) is 32.4 Å². The normalized spacial score (nSPS) is 41.6. The molecule has 0 aromatic carbocycles. The van der Waals surface area contributed by atoms with E-state index in [4.69, 9.17) is 9.47 Å². The number of hydrogen-bond acceptors (Lipinski definition) is 3. The van der Waals surface area contributed by atoms with E-state index in [2.05, 4.69) is 26.8 Å². The van der Waals surface area contributed by atoms with Gasteiger partial charge in [-0.3, -0.25) is 0 Å². The van der Waals surface area contributed by atoms with Crippen molar-refractivity contribution in [3.8, 4) is 0 Å². The quantitative estimate of drug-likeness (QED) is 0.674. The van der Waals surface area contributed by atoms with E-state index in [1.807, 2.05) is 0 Å². The number of ether oxygens (including phenoxy) is 2. The Morgan fingerprint density at radius 3 is 2.50 bits per heavy atom. The molecule has 3 aliphatic rings. The van der Waals surface area contributed by atoms with Crippen LogP contribution in [0.1, 0.15) is 46.5 Å². The van der Waals surface area contributed by atoms with Crippen LogP contribution in [0.3, 0.4) is 0 Å². The van der Waals surface area contributed by atoms with Crippen molar-refractivity contribution in [2.45, 2.75) is 58.3 Å². The molecule has 2 aliphatic carbocycles. The smallest absolute Gasteiger partial charge is 0.177 e. The van der Waals surface area contributed by atoms with Crippen LogP contribution < -0.4 is 0 Å². The van der Waals surface area contributed by atoms with Crippen molar-refractivity contribution >= 4 is 0 Å². The fraction of sp³-hybridized carbons (Fsp3) is 0.867. The lowest BCUT2D eigenvalue weighted by Gasteiger charge is -2.57. The summed E-state index contributed by atoms with van der Waals surface area (Å²) in [5.41, 5.74) is 1.09. The molecule has 0 unspecified atom stereocenters. The molecule has 0 aromatic rings. The highest BCUT2D eigenvalue weighted by atomic mass is 16.7. The molecule has 1 spiro atoms. The van der Waals surface area contributed by atoms with Crippen LogP contribution in [-0.2, 0) is 9.47 Å². The van der Waals surface area contributed by atoms with Gasteiger partial charge in [0.15, 0.2) is 5.79 Å². The maximum absolute atomic E-state index is 10.3. The average molecular weight is 252 g/mol. The zero-order valence-electron chi connectivity index (χ0n) is 11.7. The number of hydrogen-bond donors (Lipinski definition) is 1. The van der Waals surface area contributed by atoms with Gasteiger partial charge in [0.05, 0.1) is 19.3 Å². The summed E-state index contributed by atoms with van der Waals surface area (Å²) in [5, 5.41) is 10.3. The Bertz CT molecular complexity index is 379. The molecule has 1 saturated heterocycles. The fourth-order valence-corrected chi connectivity index (χ4v) is 4.30. The molecule has 1 N–H and O–H groups in total. The van der Waals surface area contributed by atoms with Crippen LogP contribution in [0.25, 0.3) is 0 Å². The lowest BCUT2D eigenvalue weighted by Crippen LogP contribution is -2.57. The second kappa shape index (κ2) is 3.81. The van der Waals surface area contributed by atoms with Crippen LogP contribution >= 0.6 is 0 Å². The third-order valence-electron chi connectivity index (χ3n) is 5.46. The topological polar surface area (TPSA) is 38.7 Å². The molecule has 0 radical (unpaired) electrons. The van der Waals surface area contributed by atoms with Crippen LogP contribution in [0.4, 0.5) is 0 Å². The maximum Gasteiger partial charge on any atom is 0.177 e. The molecule has 18 heavy (non-hydrogen) atoms. The predicted molar refractivity (Wildman–Crippen MR) is 69.1 cm³/mol. The standard InChI is InChI=1S/C15H24O3/c1-13(2)11-5-4-7-15(17-9-10-18-15)14(11,3)8-6-12(13)16/h5,12,16H,4,6-10H2,1-3H3/t12-,14-/m0/s1. The fourth-order valence-electron chi connectivity index (χ4n) is 4.30. The van der Waals surface area contributed by atoms with Crippen LogP contribution in [0.15, 0.2) is 11.6 Å².